The van der Waals surface area contributed by atoms with Crippen molar-refractivity contribution in [1.82, 2.24) is 4.90 Å². The molecule has 0 aromatic heterocycles. The van der Waals surface area contributed by atoms with Crippen molar-refractivity contribution in [2.75, 3.05) is 13.6 Å². The Kier molecular flexibility index (Phi) is 6.73. The van der Waals surface area contributed by atoms with Crippen LogP contribution in [-0.2, 0) is 11.3 Å². The summed E-state index contributed by atoms with van der Waals surface area (Å²) in [4.78, 5) is 18.9. The Balaban J connectivity index is 2.09. The molecule has 0 atom stereocenters. The smallest absolute Gasteiger partial charge is 0.338 e. The van der Waals surface area contributed by atoms with Crippen LogP contribution in [0.15, 0.2) is 54.0 Å². The molecule has 0 spiro atoms. The standard InChI is InChI=1S/C22H26N2O2/c1-6-11-24(5)15-23-21-13-17(3)20(12-18(21)4)22(25)26-14-19-9-7-16(2)8-10-19/h6-10,12-13,15H,1,11,14H2,2-5H3. The first kappa shape index (κ1) is 19.4. The van der Waals surface area contributed by atoms with E-state index in [4.69, 9.17) is 4.74 Å². The van der Waals surface area contributed by atoms with Gasteiger partial charge in [-0.3, -0.25) is 0 Å². The molecule has 2 rings (SSSR count). The average Bonchev–Trinajstić information content (AvgIpc) is 2.61. The molecular weight excluding hydrogens is 324 g/mol. The molecule has 0 fully saturated rings. The number of aryl methyl sites for hydroxylation is 3. The van der Waals surface area contributed by atoms with Gasteiger partial charge in [-0.25, -0.2) is 9.79 Å². The number of ether oxygens (including phenoxy) is 1. The highest BCUT2D eigenvalue weighted by molar-refractivity contribution is 5.92. The summed E-state index contributed by atoms with van der Waals surface area (Å²) >= 11 is 0. The van der Waals surface area contributed by atoms with Crippen LogP contribution in [0.3, 0.4) is 0 Å². The van der Waals surface area contributed by atoms with Crippen molar-refractivity contribution in [1.29, 1.82) is 0 Å². The Morgan fingerprint density at radius 1 is 1.15 bits per heavy atom. The number of likely N-dealkylation sites (N-methyl/N-ethyl adjacent to an activating group) is 1. The lowest BCUT2D eigenvalue weighted by Gasteiger charge is -2.12. The van der Waals surface area contributed by atoms with Crippen LogP contribution in [0.4, 0.5) is 5.69 Å². The van der Waals surface area contributed by atoms with Gasteiger partial charge in [-0.05, 0) is 49.6 Å². The highest BCUT2D eigenvalue weighted by Gasteiger charge is 2.13. The van der Waals surface area contributed by atoms with E-state index in [1.807, 2.05) is 75.2 Å². The van der Waals surface area contributed by atoms with Gasteiger partial charge in [0.25, 0.3) is 0 Å². The van der Waals surface area contributed by atoms with Gasteiger partial charge in [0.05, 0.1) is 17.6 Å². The topological polar surface area (TPSA) is 41.9 Å². The van der Waals surface area contributed by atoms with E-state index in [1.54, 1.807) is 6.34 Å². The minimum absolute atomic E-state index is 0.268. The second-order valence-corrected chi connectivity index (χ2v) is 6.49. The zero-order valence-electron chi connectivity index (χ0n) is 16.0. The summed E-state index contributed by atoms with van der Waals surface area (Å²) in [5, 5.41) is 0. The number of hydrogen-bond acceptors (Lipinski definition) is 3. The molecule has 0 aliphatic rings. The Morgan fingerprint density at radius 2 is 1.85 bits per heavy atom. The van der Waals surface area contributed by atoms with E-state index >= 15 is 0 Å². The van der Waals surface area contributed by atoms with E-state index in [2.05, 4.69) is 11.6 Å². The van der Waals surface area contributed by atoms with Crippen LogP contribution in [0, 0.1) is 20.8 Å². The molecular formula is C22H26N2O2. The molecule has 0 unspecified atom stereocenters. The molecule has 4 heteroatoms. The highest BCUT2D eigenvalue weighted by Crippen LogP contribution is 2.24. The Morgan fingerprint density at radius 3 is 2.50 bits per heavy atom. The van der Waals surface area contributed by atoms with E-state index in [0.29, 0.717) is 5.56 Å². The molecule has 0 N–H and O–H groups in total. The molecule has 0 heterocycles. The van der Waals surface area contributed by atoms with Gasteiger partial charge in [-0.15, -0.1) is 6.58 Å². The normalized spacial score (nSPS) is 10.8. The fraction of sp³-hybridized carbons (Fsp3) is 0.273. The SMILES string of the molecule is C=CCN(C)C=Nc1cc(C)c(C(=O)OCc2ccc(C)cc2)cc1C. The van der Waals surface area contributed by atoms with Gasteiger partial charge in [0, 0.05) is 13.6 Å². The van der Waals surface area contributed by atoms with E-state index in [1.165, 1.54) is 5.56 Å². The van der Waals surface area contributed by atoms with Gasteiger partial charge in [0.2, 0.25) is 0 Å². The summed E-state index contributed by atoms with van der Waals surface area (Å²) in [7, 11) is 1.93. The maximum atomic E-state index is 12.4. The first-order chi connectivity index (χ1) is 12.4. The van der Waals surface area contributed by atoms with Crippen LogP contribution >= 0.6 is 0 Å². The zero-order chi connectivity index (χ0) is 19.1. The highest BCUT2D eigenvalue weighted by atomic mass is 16.5. The first-order valence-corrected chi connectivity index (χ1v) is 8.60. The third kappa shape index (κ3) is 5.31. The number of benzene rings is 2. The van der Waals surface area contributed by atoms with Crippen molar-refractivity contribution in [2.45, 2.75) is 27.4 Å². The predicted octanol–water partition coefficient (Wildman–Crippen LogP) is 4.75. The lowest BCUT2D eigenvalue weighted by Crippen LogP contribution is -2.15. The van der Waals surface area contributed by atoms with Gasteiger partial charge in [0.15, 0.2) is 0 Å². The Hall–Kier alpha value is -2.88. The van der Waals surface area contributed by atoms with Gasteiger partial charge in [-0.1, -0.05) is 35.9 Å². The van der Waals surface area contributed by atoms with Crippen LogP contribution in [-0.4, -0.2) is 30.8 Å². The number of rotatable bonds is 7. The third-order valence-corrected chi connectivity index (χ3v) is 4.06. The summed E-state index contributed by atoms with van der Waals surface area (Å²) in [6, 6.07) is 11.7. The lowest BCUT2D eigenvalue weighted by atomic mass is 10.0. The largest absolute Gasteiger partial charge is 0.457 e. The predicted molar refractivity (Wildman–Crippen MR) is 107 cm³/mol. The van der Waals surface area contributed by atoms with E-state index in [-0.39, 0.29) is 12.6 Å². The summed E-state index contributed by atoms with van der Waals surface area (Å²) < 4.78 is 5.46. The summed E-state index contributed by atoms with van der Waals surface area (Å²) in [5.41, 5.74) is 5.36. The number of carbonyl (C=O) groups is 1. The summed E-state index contributed by atoms with van der Waals surface area (Å²) in [6.07, 6.45) is 3.58. The first-order valence-electron chi connectivity index (χ1n) is 8.60. The maximum Gasteiger partial charge on any atom is 0.338 e. The second kappa shape index (κ2) is 8.99. The average molecular weight is 350 g/mol. The number of hydrogen-bond donors (Lipinski definition) is 0. The van der Waals surface area contributed by atoms with Crippen molar-refractivity contribution in [3.8, 4) is 0 Å². The molecule has 2 aromatic carbocycles. The Labute approximate surface area is 155 Å². The lowest BCUT2D eigenvalue weighted by molar-refractivity contribution is 0.0472. The number of nitrogens with zero attached hydrogens (tertiary/aromatic N) is 2. The fourth-order valence-corrected chi connectivity index (χ4v) is 2.48. The number of carbonyl (C=O) groups excluding carboxylic acids is 1. The van der Waals surface area contributed by atoms with Crippen LogP contribution in [0.5, 0.6) is 0 Å². The molecule has 136 valence electrons. The van der Waals surface area contributed by atoms with Gasteiger partial charge >= 0.3 is 5.97 Å². The summed E-state index contributed by atoms with van der Waals surface area (Å²) in [6.45, 7) is 10.6. The zero-order valence-corrected chi connectivity index (χ0v) is 16.0. The van der Waals surface area contributed by atoms with Gasteiger partial charge < -0.3 is 9.64 Å². The molecule has 26 heavy (non-hydrogen) atoms. The van der Waals surface area contributed by atoms with Crippen molar-refractivity contribution in [3.63, 3.8) is 0 Å². The molecule has 4 nitrogen and oxygen atoms in total. The van der Waals surface area contributed by atoms with E-state index in [9.17, 15) is 4.79 Å². The van der Waals surface area contributed by atoms with Crippen molar-refractivity contribution in [3.05, 3.63) is 76.9 Å². The maximum absolute atomic E-state index is 12.4. The van der Waals surface area contributed by atoms with E-state index in [0.717, 1.165) is 28.9 Å². The Bertz CT molecular complexity index is 808. The summed E-state index contributed by atoms with van der Waals surface area (Å²) in [5.74, 6) is -0.314. The van der Waals surface area contributed by atoms with Crippen molar-refractivity contribution >= 4 is 18.0 Å². The second-order valence-electron chi connectivity index (χ2n) is 6.49. The molecule has 0 radical (unpaired) electrons. The minimum atomic E-state index is -0.314. The third-order valence-electron chi connectivity index (χ3n) is 4.06. The van der Waals surface area contributed by atoms with Crippen molar-refractivity contribution < 1.29 is 9.53 Å². The van der Waals surface area contributed by atoms with Gasteiger partial charge in [-0.2, -0.15) is 0 Å². The molecule has 0 amide bonds. The minimum Gasteiger partial charge on any atom is -0.457 e. The number of esters is 1. The molecule has 0 aliphatic carbocycles. The molecule has 0 saturated carbocycles. The molecule has 0 saturated heterocycles. The number of aliphatic imine (C=N–C) groups is 1. The molecule has 0 aliphatic heterocycles. The van der Waals surface area contributed by atoms with Crippen LogP contribution in [0.1, 0.15) is 32.6 Å². The van der Waals surface area contributed by atoms with Crippen LogP contribution in [0.25, 0.3) is 0 Å². The van der Waals surface area contributed by atoms with Gasteiger partial charge in [0.1, 0.15) is 6.61 Å². The van der Waals surface area contributed by atoms with E-state index < -0.39 is 0 Å². The van der Waals surface area contributed by atoms with Crippen molar-refractivity contribution in [2.24, 2.45) is 4.99 Å². The monoisotopic (exact) mass is 350 g/mol. The van der Waals surface area contributed by atoms with Crippen LogP contribution in [0.2, 0.25) is 0 Å². The van der Waals surface area contributed by atoms with Crippen LogP contribution < -0.4 is 0 Å². The fourth-order valence-electron chi connectivity index (χ4n) is 2.48. The quantitative estimate of drug-likeness (QED) is 0.313. The molecule has 2 aromatic rings. The molecule has 0 bridgehead atoms.